The van der Waals surface area contributed by atoms with Crippen LogP contribution >= 0.6 is 24.4 Å². The Labute approximate surface area is 326 Å². The first kappa shape index (κ1) is 37.0. The minimum absolute atomic E-state index is 0.517. The minimum atomic E-state index is 0.517. The van der Waals surface area contributed by atoms with Crippen molar-refractivity contribution in [3.8, 4) is 0 Å². The van der Waals surface area contributed by atoms with Crippen molar-refractivity contribution in [3.05, 3.63) is 87.8 Å². The van der Waals surface area contributed by atoms with Crippen molar-refractivity contribution < 1.29 is 0 Å². The Kier molecular flexibility index (Phi) is 10.7. The molecule has 0 radical (unpaired) electrons. The standard InChI is InChI=1S/C50H66S2/c1-32(2)10-7-11-33(3)46-22-23-47-44-19-16-37-28-34(24-26-49(37,4)48(44)25-27-50(46,47)5)29-45(42-14-8-12-35-30-38(51)17-20-40(35)42)43-15-9-13-36-31-39(52-6)18-21-41(36)43/h8-9,12-15,18,21,29-34,37,44,46-48,51H,7,10-11,16-17,19-20,22-28H2,1-6H3/b45-29+. The summed E-state index contributed by atoms with van der Waals surface area (Å²) in [5, 5.41) is 2.75. The number of benzene rings is 3. The van der Waals surface area contributed by atoms with Gasteiger partial charge in [0.1, 0.15) is 0 Å². The molecular formula is C50H66S2. The van der Waals surface area contributed by atoms with Crippen LogP contribution in [-0.2, 0) is 6.42 Å². The number of rotatable bonds is 9. The molecule has 0 aromatic heterocycles. The molecule has 52 heavy (non-hydrogen) atoms. The van der Waals surface area contributed by atoms with Crippen LogP contribution in [0.25, 0.3) is 22.4 Å². The van der Waals surface area contributed by atoms with Gasteiger partial charge in [0.15, 0.2) is 0 Å². The summed E-state index contributed by atoms with van der Waals surface area (Å²) in [5.41, 5.74) is 8.32. The lowest BCUT2D eigenvalue weighted by Gasteiger charge is -2.61. The first-order chi connectivity index (χ1) is 25.1. The average Bonchev–Trinajstić information content (AvgIpc) is 3.50. The van der Waals surface area contributed by atoms with E-state index in [9.17, 15) is 0 Å². The lowest BCUT2D eigenvalue weighted by molar-refractivity contribution is -0.118. The molecule has 5 aliphatic rings. The van der Waals surface area contributed by atoms with Gasteiger partial charge in [0.2, 0.25) is 0 Å². The zero-order valence-corrected chi connectivity index (χ0v) is 34.9. The van der Waals surface area contributed by atoms with Gasteiger partial charge in [-0.25, -0.2) is 0 Å². The smallest absolute Gasteiger partial charge is 0.00755 e. The third kappa shape index (κ3) is 6.71. The van der Waals surface area contributed by atoms with Gasteiger partial charge >= 0.3 is 0 Å². The first-order valence-electron chi connectivity index (χ1n) is 21.4. The van der Waals surface area contributed by atoms with Crippen LogP contribution in [0.15, 0.2) is 70.5 Å². The number of thioether (sulfide) groups is 1. The molecule has 0 nitrogen and oxygen atoms in total. The van der Waals surface area contributed by atoms with Crippen molar-refractivity contribution in [2.75, 3.05) is 6.26 Å². The highest BCUT2D eigenvalue weighted by molar-refractivity contribution is 7.98. The van der Waals surface area contributed by atoms with Crippen LogP contribution in [0.1, 0.15) is 140 Å². The van der Waals surface area contributed by atoms with Gasteiger partial charge in [0.25, 0.3) is 0 Å². The van der Waals surface area contributed by atoms with Gasteiger partial charge < -0.3 is 0 Å². The highest BCUT2D eigenvalue weighted by Gasteiger charge is 2.60. The molecule has 9 atom stereocenters. The molecule has 2 heteroatoms. The fourth-order valence-electron chi connectivity index (χ4n) is 13.4. The summed E-state index contributed by atoms with van der Waals surface area (Å²) in [4.78, 5) is 2.55. The van der Waals surface area contributed by atoms with Crippen LogP contribution in [0.5, 0.6) is 0 Å². The second kappa shape index (κ2) is 15.0. The fourth-order valence-corrected chi connectivity index (χ4v) is 14.1. The highest BCUT2D eigenvalue weighted by Crippen LogP contribution is 2.69. The zero-order valence-electron chi connectivity index (χ0n) is 33.2. The Morgan fingerprint density at radius 3 is 2.46 bits per heavy atom. The zero-order chi connectivity index (χ0) is 36.2. The van der Waals surface area contributed by atoms with Gasteiger partial charge in [-0.2, -0.15) is 0 Å². The molecule has 0 saturated heterocycles. The maximum absolute atomic E-state index is 4.80. The van der Waals surface area contributed by atoms with E-state index < -0.39 is 0 Å². The monoisotopic (exact) mass is 730 g/mol. The molecule has 5 aliphatic carbocycles. The molecule has 0 heterocycles. The number of fused-ring (bicyclic) bond motifs is 7. The number of hydrogen-bond acceptors (Lipinski definition) is 2. The van der Waals surface area contributed by atoms with Gasteiger partial charge in [-0.05, 0) is 197 Å². The normalized spacial score (nSPS) is 33.6. The molecule has 3 aromatic rings. The van der Waals surface area contributed by atoms with E-state index >= 15 is 0 Å². The van der Waals surface area contributed by atoms with Gasteiger partial charge in [0.05, 0.1) is 0 Å². The van der Waals surface area contributed by atoms with Crippen LogP contribution in [0.2, 0.25) is 0 Å². The average molecular weight is 731 g/mol. The SMILES string of the molecule is CSc1ccc2c(/C(=C/C3CCC4(C)C(CCC5C4CCC4(C)C(C(C)CCCC(C)C)CCC54)C3)c3cccc4c3CCC(S)=C4)cccc2c1. The molecule has 0 N–H and O–H groups in total. The molecule has 4 saturated carbocycles. The molecule has 0 amide bonds. The fraction of sp³-hybridized carbons (Fsp3) is 0.600. The van der Waals surface area contributed by atoms with Gasteiger partial charge in [-0.15, -0.1) is 24.4 Å². The van der Waals surface area contributed by atoms with E-state index in [1.165, 1.54) is 125 Å². The summed E-state index contributed by atoms with van der Waals surface area (Å²) in [5.74, 6) is 7.07. The predicted molar refractivity (Wildman–Crippen MR) is 231 cm³/mol. The first-order valence-corrected chi connectivity index (χ1v) is 23.1. The van der Waals surface area contributed by atoms with Crippen molar-refractivity contribution >= 4 is 46.8 Å². The molecule has 3 aromatic carbocycles. The van der Waals surface area contributed by atoms with E-state index in [4.69, 9.17) is 12.6 Å². The van der Waals surface area contributed by atoms with E-state index in [0.29, 0.717) is 16.7 Å². The van der Waals surface area contributed by atoms with Gasteiger partial charge in [-0.3, -0.25) is 0 Å². The van der Waals surface area contributed by atoms with E-state index in [-0.39, 0.29) is 0 Å². The number of allylic oxidation sites excluding steroid dienone is 2. The summed E-state index contributed by atoms with van der Waals surface area (Å²) in [7, 11) is 0. The largest absolute Gasteiger partial charge is 0.148 e. The van der Waals surface area contributed by atoms with Crippen LogP contribution in [-0.4, -0.2) is 6.26 Å². The van der Waals surface area contributed by atoms with Crippen molar-refractivity contribution in [2.45, 2.75) is 129 Å². The van der Waals surface area contributed by atoms with Crippen molar-refractivity contribution in [1.29, 1.82) is 0 Å². The Hall–Kier alpha value is -1.90. The molecule has 9 unspecified atom stereocenters. The van der Waals surface area contributed by atoms with E-state index in [0.717, 1.165) is 54.3 Å². The lowest BCUT2D eigenvalue weighted by Crippen LogP contribution is -2.53. The van der Waals surface area contributed by atoms with E-state index in [1.807, 2.05) is 11.8 Å². The van der Waals surface area contributed by atoms with Crippen LogP contribution < -0.4 is 0 Å². The van der Waals surface area contributed by atoms with Crippen LogP contribution in [0.3, 0.4) is 0 Å². The maximum Gasteiger partial charge on any atom is 0.00755 e. The molecular weight excluding hydrogens is 665 g/mol. The summed E-state index contributed by atoms with van der Waals surface area (Å²) in [6.45, 7) is 13.0. The topological polar surface area (TPSA) is 0 Å². The number of hydrogen-bond donors (Lipinski definition) is 1. The molecule has 0 aliphatic heterocycles. The minimum Gasteiger partial charge on any atom is -0.148 e. The number of thiol groups is 1. The maximum atomic E-state index is 4.80. The quantitative estimate of drug-likeness (QED) is 0.169. The lowest BCUT2D eigenvalue weighted by atomic mass is 9.44. The summed E-state index contributed by atoms with van der Waals surface area (Å²) >= 11 is 6.64. The Morgan fingerprint density at radius 1 is 0.846 bits per heavy atom. The third-order valence-corrected chi connectivity index (χ3v) is 17.2. The molecule has 4 fully saturated rings. The van der Waals surface area contributed by atoms with Crippen LogP contribution in [0.4, 0.5) is 0 Å². The molecule has 0 spiro atoms. The third-order valence-electron chi connectivity index (χ3n) is 16.1. The van der Waals surface area contributed by atoms with E-state index in [1.54, 1.807) is 0 Å². The Balaban J connectivity index is 1.07. The van der Waals surface area contributed by atoms with Gasteiger partial charge in [0, 0.05) is 4.90 Å². The van der Waals surface area contributed by atoms with Crippen molar-refractivity contribution in [1.82, 2.24) is 0 Å². The van der Waals surface area contributed by atoms with Crippen LogP contribution in [0, 0.1) is 58.2 Å². The second-order valence-corrected chi connectivity index (χ2v) is 20.7. The molecule has 278 valence electrons. The Morgan fingerprint density at radius 2 is 1.63 bits per heavy atom. The summed E-state index contributed by atoms with van der Waals surface area (Å²) < 4.78 is 0. The second-order valence-electron chi connectivity index (χ2n) is 19.2. The molecule has 0 bridgehead atoms. The van der Waals surface area contributed by atoms with Crippen molar-refractivity contribution in [2.24, 2.45) is 58.2 Å². The van der Waals surface area contributed by atoms with E-state index in [2.05, 4.69) is 108 Å². The highest BCUT2D eigenvalue weighted by atomic mass is 32.2. The molecule has 8 rings (SSSR count). The Bertz CT molecular complexity index is 1830. The summed E-state index contributed by atoms with van der Waals surface area (Å²) in [6, 6.07) is 21.1. The predicted octanol–water partition coefficient (Wildman–Crippen LogP) is 14.9. The van der Waals surface area contributed by atoms with Crippen molar-refractivity contribution in [3.63, 3.8) is 0 Å². The summed E-state index contributed by atoms with van der Waals surface area (Å²) in [6.07, 6.45) is 26.8. The van der Waals surface area contributed by atoms with Gasteiger partial charge in [-0.1, -0.05) is 102 Å².